The second-order valence-corrected chi connectivity index (χ2v) is 5.59. The summed E-state index contributed by atoms with van der Waals surface area (Å²) in [7, 11) is 0. The van der Waals surface area contributed by atoms with Crippen molar-refractivity contribution < 1.29 is 4.79 Å². The highest BCUT2D eigenvalue weighted by Crippen LogP contribution is 2.18. The molecule has 1 aliphatic rings. The highest BCUT2D eigenvalue weighted by atomic mass is 16.1. The number of benzene rings is 1. The van der Waals surface area contributed by atoms with Gasteiger partial charge in [-0.15, -0.1) is 0 Å². The van der Waals surface area contributed by atoms with Gasteiger partial charge in [-0.2, -0.15) is 0 Å². The number of hydrogen-bond acceptors (Lipinski definition) is 2. The fourth-order valence-electron chi connectivity index (χ4n) is 2.69. The SMILES string of the molecule is Cc1cc(C(=O)NC2CCCCCCC2)ccc1N. The van der Waals surface area contributed by atoms with Crippen LogP contribution in [0.4, 0.5) is 5.69 Å². The van der Waals surface area contributed by atoms with Gasteiger partial charge in [0, 0.05) is 17.3 Å². The van der Waals surface area contributed by atoms with Gasteiger partial charge in [0.15, 0.2) is 0 Å². The van der Waals surface area contributed by atoms with Crippen molar-refractivity contribution in [2.24, 2.45) is 0 Å². The number of nitrogens with one attached hydrogen (secondary N) is 1. The van der Waals surface area contributed by atoms with Gasteiger partial charge in [-0.3, -0.25) is 4.79 Å². The summed E-state index contributed by atoms with van der Waals surface area (Å²) in [5.74, 6) is 0.0358. The summed E-state index contributed by atoms with van der Waals surface area (Å²) in [4.78, 5) is 12.2. The number of nitrogens with two attached hydrogens (primary N) is 1. The minimum absolute atomic E-state index is 0.0358. The molecule has 1 fully saturated rings. The highest BCUT2D eigenvalue weighted by molar-refractivity contribution is 5.95. The largest absolute Gasteiger partial charge is 0.399 e. The lowest BCUT2D eigenvalue weighted by molar-refractivity contribution is 0.0930. The van der Waals surface area contributed by atoms with E-state index in [1.807, 2.05) is 19.1 Å². The van der Waals surface area contributed by atoms with Crippen LogP contribution in [0.2, 0.25) is 0 Å². The molecule has 0 bridgehead atoms. The van der Waals surface area contributed by atoms with E-state index >= 15 is 0 Å². The monoisotopic (exact) mass is 260 g/mol. The predicted octanol–water partition coefficient (Wildman–Crippen LogP) is 3.42. The standard InChI is InChI=1S/C16H24N2O/c1-12-11-13(9-10-15(12)17)16(19)18-14-7-5-3-2-4-6-8-14/h9-11,14H,2-8,17H2,1H3,(H,18,19). The lowest BCUT2D eigenvalue weighted by Gasteiger charge is -2.21. The van der Waals surface area contributed by atoms with Gasteiger partial charge in [-0.25, -0.2) is 0 Å². The van der Waals surface area contributed by atoms with Crippen molar-refractivity contribution in [2.45, 2.75) is 57.9 Å². The molecular weight excluding hydrogens is 236 g/mol. The minimum Gasteiger partial charge on any atom is -0.399 e. The van der Waals surface area contributed by atoms with E-state index in [9.17, 15) is 4.79 Å². The number of nitrogen functional groups attached to an aromatic ring is 1. The lowest BCUT2D eigenvalue weighted by atomic mass is 9.96. The van der Waals surface area contributed by atoms with Gasteiger partial charge >= 0.3 is 0 Å². The number of aryl methyl sites for hydroxylation is 1. The first kappa shape index (κ1) is 13.9. The summed E-state index contributed by atoms with van der Waals surface area (Å²) in [5.41, 5.74) is 8.20. The Morgan fingerprint density at radius 2 is 1.79 bits per heavy atom. The second-order valence-electron chi connectivity index (χ2n) is 5.59. The zero-order valence-corrected chi connectivity index (χ0v) is 11.7. The molecule has 3 heteroatoms. The van der Waals surface area contributed by atoms with Gasteiger partial charge in [0.25, 0.3) is 5.91 Å². The Morgan fingerprint density at radius 1 is 1.16 bits per heavy atom. The van der Waals surface area contributed by atoms with E-state index in [1.165, 1.54) is 32.1 Å². The third kappa shape index (κ3) is 3.98. The van der Waals surface area contributed by atoms with Crippen molar-refractivity contribution in [1.82, 2.24) is 5.32 Å². The summed E-state index contributed by atoms with van der Waals surface area (Å²) in [6.07, 6.45) is 8.62. The maximum Gasteiger partial charge on any atom is 0.251 e. The van der Waals surface area contributed by atoms with Crippen molar-refractivity contribution in [3.63, 3.8) is 0 Å². The Hall–Kier alpha value is -1.51. The molecule has 1 saturated carbocycles. The number of anilines is 1. The quantitative estimate of drug-likeness (QED) is 0.800. The normalized spacial score (nSPS) is 17.5. The van der Waals surface area contributed by atoms with Gasteiger partial charge < -0.3 is 11.1 Å². The Kier molecular flexibility index (Phi) is 4.83. The maximum absolute atomic E-state index is 12.2. The molecule has 0 spiro atoms. The maximum atomic E-state index is 12.2. The van der Waals surface area contributed by atoms with E-state index in [-0.39, 0.29) is 5.91 Å². The Labute approximate surface area is 115 Å². The fraction of sp³-hybridized carbons (Fsp3) is 0.562. The number of amides is 1. The first-order chi connectivity index (χ1) is 9.16. The van der Waals surface area contributed by atoms with Crippen LogP contribution >= 0.6 is 0 Å². The summed E-state index contributed by atoms with van der Waals surface area (Å²) in [5, 5.41) is 3.17. The van der Waals surface area contributed by atoms with Gasteiger partial charge in [0.1, 0.15) is 0 Å². The number of carbonyl (C=O) groups is 1. The van der Waals surface area contributed by atoms with E-state index in [2.05, 4.69) is 5.32 Å². The van der Waals surface area contributed by atoms with E-state index < -0.39 is 0 Å². The third-order valence-electron chi connectivity index (χ3n) is 3.97. The first-order valence-electron chi connectivity index (χ1n) is 7.34. The fourth-order valence-corrected chi connectivity index (χ4v) is 2.69. The van der Waals surface area contributed by atoms with Crippen LogP contribution < -0.4 is 11.1 Å². The molecule has 0 saturated heterocycles. The van der Waals surface area contributed by atoms with Crippen LogP contribution in [-0.2, 0) is 0 Å². The summed E-state index contributed by atoms with van der Waals surface area (Å²) >= 11 is 0. The lowest BCUT2D eigenvalue weighted by Crippen LogP contribution is -2.35. The van der Waals surface area contributed by atoms with Crippen molar-refractivity contribution in [1.29, 1.82) is 0 Å². The van der Waals surface area contributed by atoms with Crippen LogP contribution in [0.15, 0.2) is 18.2 Å². The summed E-state index contributed by atoms with van der Waals surface area (Å²) in [6.45, 7) is 1.93. The van der Waals surface area contributed by atoms with Crippen LogP contribution in [0.25, 0.3) is 0 Å². The molecule has 1 amide bonds. The molecule has 2 rings (SSSR count). The minimum atomic E-state index is 0.0358. The molecule has 1 aliphatic carbocycles. The van der Waals surface area contributed by atoms with Gasteiger partial charge in [0.2, 0.25) is 0 Å². The van der Waals surface area contributed by atoms with E-state index in [1.54, 1.807) is 6.07 Å². The number of carbonyl (C=O) groups excluding carboxylic acids is 1. The number of rotatable bonds is 2. The van der Waals surface area contributed by atoms with Crippen LogP contribution in [0.1, 0.15) is 60.9 Å². The van der Waals surface area contributed by atoms with Crippen LogP contribution in [0.5, 0.6) is 0 Å². The molecule has 0 heterocycles. The molecule has 0 radical (unpaired) electrons. The average Bonchev–Trinajstić information content (AvgIpc) is 2.35. The Morgan fingerprint density at radius 3 is 2.42 bits per heavy atom. The third-order valence-corrected chi connectivity index (χ3v) is 3.97. The van der Waals surface area contributed by atoms with Crippen molar-refractivity contribution in [2.75, 3.05) is 5.73 Å². The van der Waals surface area contributed by atoms with Crippen molar-refractivity contribution in [3.8, 4) is 0 Å². The molecule has 0 aromatic heterocycles. The molecule has 1 aromatic carbocycles. The summed E-state index contributed by atoms with van der Waals surface area (Å²) < 4.78 is 0. The topological polar surface area (TPSA) is 55.1 Å². The average molecular weight is 260 g/mol. The summed E-state index contributed by atoms with van der Waals surface area (Å²) in [6, 6.07) is 5.82. The predicted molar refractivity (Wildman–Crippen MR) is 79.2 cm³/mol. The zero-order valence-electron chi connectivity index (χ0n) is 11.7. The van der Waals surface area contributed by atoms with Crippen LogP contribution in [-0.4, -0.2) is 11.9 Å². The number of hydrogen-bond donors (Lipinski definition) is 2. The van der Waals surface area contributed by atoms with Crippen LogP contribution in [0.3, 0.4) is 0 Å². The molecule has 3 nitrogen and oxygen atoms in total. The molecule has 0 atom stereocenters. The van der Waals surface area contributed by atoms with Crippen molar-refractivity contribution in [3.05, 3.63) is 29.3 Å². The molecule has 1 aromatic rings. The van der Waals surface area contributed by atoms with E-state index in [0.717, 1.165) is 24.1 Å². The molecular formula is C16H24N2O. The molecule has 0 unspecified atom stereocenters. The highest BCUT2D eigenvalue weighted by Gasteiger charge is 2.15. The van der Waals surface area contributed by atoms with E-state index in [4.69, 9.17) is 5.73 Å². The molecule has 104 valence electrons. The molecule has 0 aliphatic heterocycles. The second kappa shape index (κ2) is 6.60. The Balaban J connectivity index is 1.96. The molecule has 3 N–H and O–H groups in total. The van der Waals surface area contributed by atoms with Gasteiger partial charge in [-0.1, -0.05) is 32.1 Å². The van der Waals surface area contributed by atoms with E-state index in [0.29, 0.717) is 11.6 Å². The zero-order chi connectivity index (χ0) is 13.7. The van der Waals surface area contributed by atoms with Gasteiger partial charge in [-0.05, 0) is 43.5 Å². The Bertz CT molecular complexity index is 434. The smallest absolute Gasteiger partial charge is 0.251 e. The first-order valence-corrected chi connectivity index (χ1v) is 7.34. The van der Waals surface area contributed by atoms with Crippen molar-refractivity contribution >= 4 is 11.6 Å². The molecule has 19 heavy (non-hydrogen) atoms. The van der Waals surface area contributed by atoms with Crippen LogP contribution in [0, 0.1) is 6.92 Å². The van der Waals surface area contributed by atoms with Gasteiger partial charge in [0.05, 0.1) is 0 Å².